The van der Waals surface area contributed by atoms with Crippen LogP contribution in [-0.4, -0.2) is 13.2 Å². The van der Waals surface area contributed by atoms with Crippen LogP contribution in [0, 0.1) is 11.7 Å². The topological polar surface area (TPSA) is 35.2 Å². The molecule has 0 aromatic heterocycles. The molecule has 2 rings (SSSR count). The largest absolute Gasteiger partial charge is 0.381 e. The zero-order chi connectivity index (χ0) is 11.5. The number of nitrogens with two attached hydrogens (primary N) is 1. The molecule has 0 saturated carbocycles. The highest BCUT2D eigenvalue weighted by Gasteiger charge is 2.24. The predicted octanol–water partition coefficient (Wildman–Crippen LogP) is 3.01. The molecule has 1 fully saturated rings. The minimum atomic E-state index is -0.235. The Morgan fingerprint density at radius 2 is 2.06 bits per heavy atom. The molecule has 1 aliphatic rings. The second-order valence-electron chi connectivity index (χ2n) is 4.12. The van der Waals surface area contributed by atoms with Gasteiger partial charge in [-0.15, -0.1) is 0 Å². The van der Waals surface area contributed by atoms with Crippen LogP contribution in [0.25, 0.3) is 0 Å². The highest BCUT2D eigenvalue weighted by Crippen LogP contribution is 2.31. The fourth-order valence-electron chi connectivity index (χ4n) is 2.11. The van der Waals surface area contributed by atoms with E-state index in [9.17, 15) is 4.39 Å². The van der Waals surface area contributed by atoms with Gasteiger partial charge in [0.05, 0.1) is 4.47 Å². The van der Waals surface area contributed by atoms with Crippen molar-refractivity contribution in [3.05, 3.63) is 34.1 Å². The van der Waals surface area contributed by atoms with Crippen molar-refractivity contribution in [3.8, 4) is 0 Å². The summed E-state index contributed by atoms with van der Waals surface area (Å²) >= 11 is 3.18. The van der Waals surface area contributed by atoms with Gasteiger partial charge in [-0.3, -0.25) is 0 Å². The van der Waals surface area contributed by atoms with Crippen molar-refractivity contribution in [2.75, 3.05) is 13.2 Å². The number of ether oxygens (including phenoxy) is 1. The van der Waals surface area contributed by atoms with Gasteiger partial charge in [-0.1, -0.05) is 12.1 Å². The Bertz CT molecular complexity index is 366. The van der Waals surface area contributed by atoms with Gasteiger partial charge in [-0.2, -0.15) is 0 Å². The summed E-state index contributed by atoms with van der Waals surface area (Å²) in [5, 5.41) is 0. The highest BCUT2D eigenvalue weighted by atomic mass is 79.9. The summed E-state index contributed by atoms with van der Waals surface area (Å²) in [6, 6.07) is 5.04. The van der Waals surface area contributed by atoms with Crippen LogP contribution in [0.4, 0.5) is 4.39 Å². The van der Waals surface area contributed by atoms with Gasteiger partial charge in [0, 0.05) is 24.8 Å². The smallest absolute Gasteiger partial charge is 0.142 e. The van der Waals surface area contributed by atoms with Crippen LogP contribution in [0.15, 0.2) is 22.7 Å². The zero-order valence-electron chi connectivity index (χ0n) is 8.96. The maximum absolute atomic E-state index is 13.8. The maximum Gasteiger partial charge on any atom is 0.142 e. The van der Waals surface area contributed by atoms with Crippen molar-refractivity contribution in [3.63, 3.8) is 0 Å². The van der Waals surface area contributed by atoms with Crippen molar-refractivity contribution in [1.29, 1.82) is 0 Å². The molecule has 0 amide bonds. The third-order valence-electron chi connectivity index (χ3n) is 3.11. The third kappa shape index (κ3) is 2.44. The van der Waals surface area contributed by atoms with E-state index in [4.69, 9.17) is 10.5 Å². The number of hydrogen-bond donors (Lipinski definition) is 1. The van der Waals surface area contributed by atoms with Gasteiger partial charge in [0.2, 0.25) is 0 Å². The average molecular weight is 288 g/mol. The standard InChI is InChI=1S/C12H15BrFNO/c13-10-3-1-2-9(11(10)14)12(15)8-4-6-16-7-5-8/h1-3,8,12H,4-7,15H2/t12-/m1/s1. The number of benzene rings is 1. The second kappa shape index (κ2) is 5.25. The first kappa shape index (κ1) is 12.0. The van der Waals surface area contributed by atoms with Crippen molar-refractivity contribution in [1.82, 2.24) is 0 Å². The van der Waals surface area contributed by atoms with Crippen molar-refractivity contribution in [2.24, 2.45) is 11.7 Å². The van der Waals surface area contributed by atoms with Gasteiger partial charge in [0.25, 0.3) is 0 Å². The molecular formula is C12H15BrFNO. The lowest BCUT2D eigenvalue weighted by molar-refractivity contribution is 0.0580. The predicted molar refractivity (Wildman–Crippen MR) is 64.6 cm³/mol. The summed E-state index contributed by atoms with van der Waals surface area (Å²) in [7, 11) is 0. The van der Waals surface area contributed by atoms with E-state index in [0.29, 0.717) is 16.0 Å². The van der Waals surface area contributed by atoms with E-state index >= 15 is 0 Å². The molecule has 0 bridgehead atoms. The van der Waals surface area contributed by atoms with Crippen LogP contribution in [-0.2, 0) is 4.74 Å². The van der Waals surface area contributed by atoms with Gasteiger partial charge in [-0.05, 0) is 40.8 Å². The summed E-state index contributed by atoms with van der Waals surface area (Å²) in [5.41, 5.74) is 6.72. The zero-order valence-corrected chi connectivity index (χ0v) is 10.5. The van der Waals surface area contributed by atoms with E-state index < -0.39 is 0 Å². The first-order valence-electron chi connectivity index (χ1n) is 5.47. The van der Waals surface area contributed by atoms with Gasteiger partial charge in [0.1, 0.15) is 5.82 Å². The Kier molecular flexibility index (Phi) is 3.95. The minimum Gasteiger partial charge on any atom is -0.381 e. The molecule has 2 N–H and O–H groups in total. The first-order valence-corrected chi connectivity index (χ1v) is 6.26. The molecule has 16 heavy (non-hydrogen) atoms. The molecule has 88 valence electrons. The molecule has 0 spiro atoms. The van der Waals surface area contributed by atoms with Crippen molar-refractivity contribution < 1.29 is 9.13 Å². The molecule has 4 heteroatoms. The maximum atomic E-state index is 13.8. The molecule has 1 aromatic carbocycles. The normalized spacial score (nSPS) is 19.7. The van der Waals surface area contributed by atoms with Crippen molar-refractivity contribution in [2.45, 2.75) is 18.9 Å². The Hall–Kier alpha value is -0.450. The van der Waals surface area contributed by atoms with Crippen LogP contribution in [0.5, 0.6) is 0 Å². The van der Waals surface area contributed by atoms with E-state index in [1.807, 2.05) is 6.07 Å². The molecular weight excluding hydrogens is 273 g/mol. The van der Waals surface area contributed by atoms with Gasteiger partial charge < -0.3 is 10.5 Å². The van der Waals surface area contributed by atoms with E-state index in [2.05, 4.69) is 15.9 Å². The SMILES string of the molecule is N[C@@H](c1cccc(Br)c1F)C1CCOCC1. The monoisotopic (exact) mass is 287 g/mol. The summed E-state index contributed by atoms with van der Waals surface area (Å²) in [6.07, 6.45) is 1.82. The first-order chi connectivity index (χ1) is 7.70. The molecule has 1 aliphatic heterocycles. The van der Waals surface area contributed by atoms with Crippen LogP contribution >= 0.6 is 15.9 Å². The number of halogens is 2. The molecule has 1 saturated heterocycles. The van der Waals surface area contributed by atoms with E-state index in [1.165, 1.54) is 0 Å². The fourth-order valence-corrected chi connectivity index (χ4v) is 2.49. The molecule has 0 aliphatic carbocycles. The second-order valence-corrected chi connectivity index (χ2v) is 4.97. The molecule has 2 nitrogen and oxygen atoms in total. The quantitative estimate of drug-likeness (QED) is 0.908. The fraction of sp³-hybridized carbons (Fsp3) is 0.500. The molecule has 1 atom stereocenters. The third-order valence-corrected chi connectivity index (χ3v) is 3.73. The summed E-state index contributed by atoms with van der Waals surface area (Å²) in [4.78, 5) is 0. The summed E-state index contributed by atoms with van der Waals surface area (Å²) in [5.74, 6) is 0.0824. The van der Waals surface area contributed by atoms with E-state index in [1.54, 1.807) is 12.1 Å². The van der Waals surface area contributed by atoms with Crippen LogP contribution < -0.4 is 5.73 Å². The number of rotatable bonds is 2. The summed E-state index contributed by atoms with van der Waals surface area (Å²) in [6.45, 7) is 1.46. The van der Waals surface area contributed by atoms with Gasteiger partial charge >= 0.3 is 0 Å². The Morgan fingerprint density at radius 1 is 1.38 bits per heavy atom. The van der Waals surface area contributed by atoms with E-state index in [-0.39, 0.29) is 11.9 Å². The lowest BCUT2D eigenvalue weighted by Gasteiger charge is -2.28. The van der Waals surface area contributed by atoms with Crippen molar-refractivity contribution >= 4 is 15.9 Å². The van der Waals surface area contributed by atoms with Crippen LogP contribution in [0.3, 0.4) is 0 Å². The van der Waals surface area contributed by atoms with Crippen LogP contribution in [0.2, 0.25) is 0 Å². The Morgan fingerprint density at radius 3 is 2.75 bits per heavy atom. The lowest BCUT2D eigenvalue weighted by Crippen LogP contribution is -2.28. The molecule has 0 radical (unpaired) electrons. The molecule has 1 aromatic rings. The summed E-state index contributed by atoms with van der Waals surface area (Å²) < 4.78 is 19.6. The molecule has 0 unspecified atom stereocenters. The lowest BCUT2D eigenvalue weighted by atomic mass is 9.87. The Labute approximate surface area is 103 Å². The molecule has 1 heterocycles. The van der Waals surface area contributed by atoms with E-state index in [0.717, 1.165) is 26.1 Å². The average Bonchev–Trinajstić information content (AvgIpc) is 2.33. The highest BCUT2D eigenvalue weighted by molar-refractivity contribution is 9.10. The van der Waals surface area contributed by atoms with Gasteiger partial charge in [0.15, 0.2) is 0 Å². The van der Waals surface area contributed by atoms with Gasteiger partial charge in [-0.25, -0.2) is 4.39 Å². The van der Waals surface area contributed by atoms with Crippen LogP contribution in [0.1, 0.15) is 24.4 Å². The minimum absolute atomic E-state index is 0.235. The number of hydrogen-bond acceptors (Lipinski definition) is 2. The Balaban J connectivity index is 2.19.